The first-order valence-corrected chi connectivity index (χ1v) is 4.18. The van der Waals surface area contributed by atoms with Crippen LogP contribution in [-0.2, 0) is 4.79 Å². The molecule has 4 heteroatoms. The van der Waals surface area contributed by atoms with Crippen molar-refractivity contribution in [2.24, 2.45) is 5.73 Å². The lowest BCUT2D eigenvalue weighted by molar-refractivity contribution is -0.143. The van der Waals surface area contributed by atoms with Crippen molar-refractivity contribution in [2.75, 3.05) is 0 Å². The van der Waals surface area contributed by atoms with E-state index in [0.717, 1.165) is 12.0 Å². The van der Waals surface area contributed by atoms with Crippen LogP contribution in [0.2, 0.25) is 0 Å². The maximum atomic E-state index is 10.5. The van der Waals surface area contributed by atoms with Crippen molar-refractivity contribution in [2.45, 2.75) is 18.4 Å². The van der Waals surface area contributed by atoms with Gasteiger partial charge in [0.05, 0.1) is 0 Å². The molecule has 0 amide bonds. The molecule has 0 aromatic heterocycles. The minimum Gasteiger partial charge on any atom is -0.480 e. The quantitative estimate of drug-likeness (QED) is 0.678. The first-order chi connectivity index (χ1) is 4.61. The summed E-state index contributed by atoms with van der Waals surface area (Å²) in [6, 6.07) is 0. The first kappa shape index (κ1) is 8.00. The van der Waals surface area contributed by atoms with E-state index < -0.39 is 11.5 Å². The summed E-state index contributed by atoms with van der Waals surface area (Å²) >= 11 is 2.02. The average molecular weight is 249 g/mol. The Morgan fingerprint density at radius 2 is 2.50 bits per heavy atom. The van der Waals surface area contributed by atoms with Crippen molar-refractivity contribution < 1.29 is 9.90 Å². The van der Waals surface area contributed by atoms with Gasteiger partial charge in [-0.25, -0.2) is 4.79 Å². The predicted octanol–water partition coefficient (Wildman–Crippen LogP) is 0.881. The number of hydrogen-bond donors (Lipinski definition) is 2. The molecule has 0 heterocycles. The molecule has 10 heavy (non-hydrogen) atoms. The lowest BCUT2D eigenvalue weighted by Gasteiger charge is -2.36. The lowest BCUT2D eigenvalue weighted by atomic mass is 9.73. The van der Waals surface area contributed by atoms with E-state index in [1.54, 1.807) is 4.08 Å². The molecule has 3 N–H and O–H groups in total. The van der Waals surface area contributed by atoms with Gasteiger partial charge in [0.1, 0.15) is 5.54 Å². The monoisotopic (exact) mass is 249 g/mol. The van der Waals surface area contributed by atoms with E-state index in [1.165, 1.54) is 0 Å². The van der Waals surface area contributed by atoms with Gasteiger partial charge in [0.2, 0.25) is 0 Å². The maximum Gasteiger partial charge on any atom is 0.328 e. The van der Waals surface area contributed by atoms with E-state index in [0.29, 0.717) is 6.42 Å². The van der Waals surface area contributed by atoms with E-state index in [4.69, 9.17) is 10.8 Å². The number of carbonyl (C=O) groups is 1. The SMILES string of the molecule is N[C@@]1(C(=O)O)CCC1=C[123I]. The number of nitrogens with two attached hydrogens (primary N) is 1. The van der Waals surface area contributed by atoms with Crippen LogP contribution in [0.25, 0.3) is 0 Å². The largest absolute Gasteiger partial charge is 0.480 e. The number of aliphatic carboxylic acids is 1. The molecule has 0 spiro atoms. The van der Waals surface area contributed by atoms with E-state index in [9.17, 15) is 4.79 Å². The Kier molecular flexibility index (Phi) is 2.00. The van der Waals surface area contributed by atoms with Crippen molar-refractivity contribution in [3.8, 4) is 0 Å². The van der Waals surface area contributed by atoms with E-state index in [2.05, 4.69) is 0 Å². The van der Waals surface area contributed by atoms with Crippen molar-refractivity contribution in [3.05, 3.63) is 9.66 Å². The minimum absolute atomic E-state index is 0.567. The number of carboxylic acids is 1. The van der Waals surface area contributed by atoms with Crippen LogP contribution >= 0.6 is 22.6 Å². The number of carboxylic acid groups (broad SMARTS) is 1. The Labute approximate surface area is 72.4 Å². The smallest absolute Gasteiger partial charge is 0.328 e. The van der Waals surface area contributed by atoms with Crippen LogP contribution in [0.4, 0.5) is 0 Å². The van der Waals surface area contributed by atoms with Crippen molar-refractivity contribution in [1.82, 2.24) is 0 Å². The summed E-state index contributed by atoms with van der Waals surface area (Å²) in [5.74, 6) is -0.915. The zero-order valence-corrected chi connectivity index (χ0v) is 7.46. The second-order valence-electron chi connectivity index (χ2n) is 2.41. The molecule has 3 nitrogen and oxygen atoms in total. The van der Waals surface area contributed by atoms with Crippen molar-refractivity contribution in [1.29, 1.82) is 0 Å². The molecule has 0 aliphatic heterocycles. The van der Waals surface area contributed by atoms with Crippen LogP contribution in [0, 0.1) is 0 Å². The third-order valence-electron chi connectivity index (χ3n) is 1.88. The van der Waals surface area contributed by atoms with Gasteiger partial charge < -0.3 is 10.8 Å². The Balaban J connectivity index is 2.81. The molecular formula is C6H8INO2. The van der Waals surface area contributed by atoms with Crippen LogP contribution < -0.4 is 5.73 Å². The van der Waals surface area contributed by atoms with Gasteiger partial charge in [-0.2, -0.15) is 0 Å². The van der Waals surface area contributed by atoms with Gasteiger partial charge >= 0.3 is 5.97 Å². The van der Waals surface area contributed by atoms with Crippen LogP contribution in [0.15, 0.2) is 9.66 Å². The minimum atomic E-state index is -1.04. The standard InChI is InChI=1S/C6H8INO2/c7-3-4-1-2-6(4,8)5(9)10/h3H,1-2,8H2,(H,9,10)/t6-/m0/s1/i7-4. The van der Waals surface area contributed by atoms with Gasteiger partial charge in [-0.1, -0.05) is 22.6 Å². The van der Waals surface area contributed by atoms with Crippen LogP contribution in [-0.4, -0.2) is 16.6 Å². The van der Waals surface area contributed by atoms with Gasteiger partial charge in [0.15, 0.2) is 0 Å². The fourth-order valence-electron chi connectivity index (χ4n) is 0.935. The fraction of sp³-hybridized carbons (Fsp3) is 0.500. The summed E-state index contributed by atoms with van der Waals surface area (Å²) in [5, 5.41) is 8.62. The van der Waals surface area contributed by atoms with Crippen molar-refractivity contribution in [3.63, 3.8) is 0 Å². The van der Waals surface area contributed by atoms with Crippen molar-refractivity contribution >= 4 is 28.6 Å². The molecule has 1 saturated carbocycles. The fourth-order valence-corrected chi connectivity index (χ4v) is 1.80. The molecule has 56 valence electrons. The normalized spacial score (nSPS) is 35.6. The van der Waals surface area contributed by atoms with Gasteiger partial charge in [-0.05, 0) is 22.5 Å². The third kappa shape index (κ3) is 0.950. The predicted molar refractivity (Wildman–Crippen MR) is 45.9 cm³/mol. The molecule has 0 aromatic carbocycles. The molecule has 0 aromatic rings. The van der Waals surface area contributed by atoms with Gasteiger partial charge in [0, 0.05) is 0 Å². The number of hydrogen-bond acceptors (Lipinski definition) is 2. The summed E-state index contributed by atoms with van der Waals surface area (Å²) < 4.78 is 1.76. The Bertz CT molecular complexity index is 202. The highest BCUT2D eigenvalue weighted by Gasteiger charge is 2.44. The van der Waals surface area contributed by atoms with Crippen LogP contribution in [0.5, 0.6) is 0 Å². The molecule has 1 rings (SSSR count). The summed E-state index contributed by atoms with van der Waals surface area (Å²) in [5.41, 5.74) is 5.32. The van der Waals surface area contributed by atoms with Gasteiger partial charge in [-0.15, -0.1) is 0 Å². The molecule has 0 bridgehead atoms. The highest BCUT2D eigenvalue weighted by molar-refractivity contribution is 14.1. The van der Waals surface area contributed by atoms with Gasteiger partial charge in [0.25, 0.3) is 0 Å². The topological polar surface area (TPSA) is 63.3 Å². The van der Waals surface area contributed by atoms with E-state index >= 15 is 0 Å². The molecule has 0 radical (unpaired) electrons. The summed E-state index contributed by atoms with van der Waals surface area (Å²) in [7, 11) is 0. The van der Waals surface area contributed by atoms with Crippen LogP contribution in [0.3, 0.4) is 0 Å². The summed E-state index contributed by atoms with van der Waals surface area (Å²) in [6.07, 6.45) is 1.39. The molecule has 1 aliphatic rings. The number of halogens is 1. The number of rotatable bonds is 1. The van der Waals surface area contributed by atoms with E-state index in [1.807, 2.05) is 22.6 Å². The summed E-state index contributed by atoms with van der Waals surface area (Å²) in [4.78, 5) is 10.5. The summed E-state index contributed by atoms with van der Waals surface area (Å²) in [6.45, 7) is 0. The molecule has 0 saturated heterocycles. The Morgan fingerprint density at radius 1 is 1.90 bits per heavy atom. The molecule has 1 aliphatic carbocycles. The Hall–Kier alpha value is -0.100. The molecule has 1 atom stereocenters. The highest BCUT2D eigenvalue weighted by Crippen LogP contribution is 2.36. The first-order valence-electron chi connectivity index (χ1n) is 2.93. The van der Waals surface area contributed by atoms with Crippen LogP contribution in [0.1, 0.15) is 12.8 Å². The zero-order valence-electron chi connectivity index (χ0n) is 5.30. The van der Waals surface area contributed by atoms with Gasteiger partial charge in [-0.3, -0.25) is 0 Å². The molecule has 1 fully saturated rings. The zero-order chi connectivity index (χ0) is 7.78. The average Bonchev–Trinajstić information content (AvgIpc) is 1.85. The maximum absolute atomic E-state index is 10.5. The third-order valence-corrected chi connectivity index (χ3v) is 2.63. The second kappa shape index (κ2) is 2.50. The highest BCUT2D eigenvalue weighted by atomic mass is 123. The second-order valence-corrected chi connectivity index (χ2v) is 3.03. The lowest BCUT2D eigenvalue weighted by Crippen LogP contribution is -2.55. The molecular weight excluding hydrogens is 241 g/mol. The molecule has 0 unspecified atom stereocenters. The Morgan fingerprint density at radius 3 is 2.60 bits per heavy atom. The van der Waals surface area contributed by atoms with E-state index in [-0.39, 0.29) is 0 Å².